The van der Waals surface area contributed by atoms with Gasteiger partial charge in [0.2, 0.25) is 0 Å². The number of aryl methyl sites for hydroxylation is 1. The van der Waals surface area contributed by atoms with Gasteiger partial charge in [-0.1, -0.05) is 36.4 Å². The maximum absolute atomic E-state index is 14.6. The first-order valence-corrected chi connectivity index (χ1v) is 11.9. The summed E-state index contributed by atoms with van der Waals surface area (Å²) < 4.78 is 25.4. The fourth-order valence-electron chi connectivity index (χ4n) is 5.03. The molecule has 1 amide bonds. The molecule has 1 atom stereocenters. The van der Waals surface area contributed by atoms with Crippen molar-refractivity contribution in [2.24, 2.45) is 5.92 Å². The van der Waals surface area contributed by atoms with Crippen molar-refractivity contribution < 1.29 is 18.3 Å². The lowest BCUT2D eigenvalue weighted by molar-refractivity contribution is 0.0581. The first kappa shape index (κ1) is 24.0. The molecule has 2 aromatic carbocycles. The summed E-state index contributed by atoms with van der Waals surface area (Å²) in [4.78, 5) is 17.5. The molecule has 3 aromatic rings. The van der Waals surface area contributed by atoms with Gasteiger partial charge in [0.25, 0.3) is 5.91 Å². The van der Waals surface area contributed by atoms with Gasteiger partial charge in [0, 0.05) is 25.2 Å². The SMILES string of the molecule is COc1ccccc1CN1CCC([C@H](Cc2ccccc2F)N(C)C(=O)c2ccoc2C)CC1. The predicted molar refractivity (Wildman–Crippen MR) is 130 cm³/mol. The number of carbonyl (C=O) groups is 1. The van der Waals surface area contributed by atoms with Crippen molar-refractivity contribution in [1.29, 1.82) is 0 Å². The standard InChI is InChI=1S/C28H33FN2O3/c1-20-24(14-17-34-20)28(32)30(2)26(18-22-8-4-6-10-25(22)29)21-12-15-31(16-13-21)19-23-9-5-7-11-27(23)33-3/h4-11,14,17,21,26H,12-13,15-16,18-19H2,1-3H3/t26-/m0/s1. The van der Waals surface area contributed by atoms with Gasteiger partial charge in [0.15, 0.2) is 0 Å². The van der Waals surface area contributed by atoms with Gasteiger partial charge in [-0.15, -0.1) is 0 Å². The van der Waals surface area contributed by atoms with Gasteiger partial charge in [0.1, 0.15) is 17.3 Å². The normalized spacial score (nSPS) is 15.8. The first-order valence-electron chi connectivity index (χ1n) is 11.9. The van der Waals surface area contributed by atoms with Crippen molar-refractivity contribution in [2.45, 2.75) is 38.8 Å². The summed E-state index contributed by atoms with van der Waals surface area (Å²) in [7, 11) is 3.54. The smallest absolute Gasteiger partial charge is 0.257 e. The summed E-state index contributed by atoms with van der Waals surface area (Å²) >= 11 is 0. The highest BCUT2D eigenvalue weighted by molar-refractivity contribution is 5.95. The molecule has 0 bridgehead atoms. The van der Waals surface area contributed by atoms with Gasteiger partial charge in [-0.05, 0) is 69.0 Å². The molecule has 0 aliphatic carbocycles. The molecule has 0 radical (unpaired) electrons. The van der Waals surface area contributed by atoms with Crippen LogP contribution in [-0.4, -0.2) is 49.0 Å². The van der Waals surface area contributed by atoms with Crippen LogP contribution in [0.3, 0.4) is 0 Å². The Bertz CT molecular complexity index is 1100. The van der Waals surface area contributed by atoms with Crippen LogP contribution in [0.1, 0.15) is 40.1 Å². The average Bonchev–Trinajstić information content (AvgIpc) is 3.29. The van der Waals surface area contributed by atoms with Crippen LogP contribution in [0, 0.1) is 18.7 Å². The minimum Gasteiger partial charge on any atom is -0.496 e. The number of likely N-dealkylation sites (tertiary alicyclic amines) is 1. The van der Waals surface area contributed by atoms with Crippen LogP contribution >= 0.6 is 0 Å². The van der Waals surface area contributed by atoms with Gasteiger partial charge in [-0.2, -0.15) is 0 Å². The number of rotatable bonds is 8. The number of carbonyl (C=O) groups excluding carboxylic acids is 1. The number of hydrogen-bond acceptors (Lipinski definition) is 4. The van der Waals surface area contributed by atoms with Gasteiger partial charge < -0.3 is 14.1 Å². The Kier molecular flexibility index (Phi) is 7.68. The number of nitrogens with zero attached hydrogens (tertiary/aromatic N) is 2. The molecular formula is C28H33FN2O3. The second-order valence-electron chi connectivity index (χ2n) is 9.09. The molecule has 1 aliphatic rings. The lowest BCUT2D eigenvalue weighted by Gasteiger charge is -2.40. The molecule has 6 heteroatoms. The van der Waals surface area contributed by atoms with E-state index in [0.717, 1.165) is 38.2 Å². The van der Waals surface area contributed by atoms with Crippen molar-refractivity contribution in [3.8, 4) is 5.75 Å². The Morgan fingerprint density at radius 1 is 1.12 bits per heavy atom. The Morgan fingerprint density at radius 2 is 1.79 bits per heavy atom. The van der Waals surface area contributed by atoms with Crippen molar-refractivity contribution in [3.05, 3.63) is 89.1 Å². The minimum absolute atomic E-state index is 0.0796. The van der Waals surface area contributed by atoms with E-state index in [0.29, 0.717) is 23.3 Å². The highest BCUT2D eigenvalue weighted by Crippen LogP contribution is 2.30. The lowest BCUT2D eigenvalue weighted by atomic mass is 9.84. The van der Waals surface area contributed by atoms with Crippen molar-refractivity contribution >= 4 is 5.91 Å². The number of para-hydroxylation sites is 1. The molecule has 1 aromatic heterocycles. The number of methoxy groups -OCH3 is 1. The van der Waals surface area contributed by atoms with Gasteiger partial charge >= 0.3 is 0 Å². The first-order chi connectivity index (χ1) is 16.5. The quantitative estimate of drug-likeness (QED) is 0.452. The van der Waals surface area contributed by atoms with E-state index in [2.05, 4.69) is 11.0 Å². The van der Waals surface area contributed by atoms with E-state index in [9.17, 15) is 9.18 Å². The number of piperidine rings is 1. The number of likely N-dealkylation sites (N-methyl/N-ethyl adjacent to an activating group) is 1. The number of halogens is 1. The van der Waals surface area contributed by atoms with Crippen LogP contribution in [0.2, 0.25) is 0 Å². The highest BCUT2D eigenvalue weighted by Gasteiger charge is 2.33. The van der Waals surface area contributed by atoms with Crippen LogP contribution in [0.25, 0.3) is 0 Å². The number of benzene rings is 2. The lowest BCUT2D eigenvalue weighted by Crippen LogP contribution is -2.47. The van der Waals surface area contributed by atoms with Crippen LogP contribution in [0.15, 0.2) is 65.3 Å². The summed E-state index contributed by atoms with van der Waals surface area (Å²) in [5.74, 6) is 1.48. The summed E-state index contributed by atoms with van der Waals surface area (Å²) in [6.45, 7) is 4.47. The number of ether oxygens (including phenoxy) is 1. The van der Waals surface area contributed by atoms with E-state index in [1.807, 2.05) is 37.4 Å². The third-order valence-electron chi connectivity index (χ3n) is 7.06. The van der Waals surface area contributed by atoms with Gasteiger partial charge in [0.05, 0.1) is 18.9 Å². The molecule has 5 nitrogen and oxygen atoms in total. The van der Waals surface area contributed by atoms with Crippen molar-refractivity contribution in [2.75, 3.05) is 27.2 Å². The number of hydrogen-bond donors (Lipinski definition) is 0. The highest BCUT2D eigenvalue weighted by atomic mass is 19.1. The monoisotopic (exact) mass is 464 g/mol. The van der Waals surface area contributed by atoms with Crippen LogP contribution in [-0.2, 0) is 13.0 Å². The van der Waals surface area contributed by atoms with E-state index in [1.54, 1.807) is 37.3 Å². The van der Waals surface area contributed by atoms with E-state index in [-0.39, 0.29) is 23.7 Å². The molecule has 180 valence electrons. The fourth-order valence-corrected chi connectivity index (χ4v) is 5.03. The zero-order chi connectivity index (χ0) is 24.1. The third-order valence-corrected chi connectivity index (χ3v) is 7.06. The summed E-state index contributed by atoms with van der Waals surface area (Å²) in [5.41, 5.74) is 2.39. The van der Waals surface area contributed by atoms with E-state index < -0.39 is 0 Å². The van der Waals surface area contributed by atoms with Crippen LogP contribution in [0.5, 0.6) is 5.75 Å². The van der Waals surface area contributed by atoms with E-state index in [4.69, 9.17) is 9.15 Å². The third kappa shape index (κ3) is 5.33. The molecule has 4 rings (SSSR count). The van der Waals surface area contributed by atoms with Gasteiger partial charge in [-0.25, -0.2) is 4.39 Å². The molecule has 2 heterocycles. The molecule has 0 saturated carbocycles. The maximum Gasteiger partial charge on any atom is 0.257 e. The molecule has 0 unspecified atom stereocenters. The molecule has 1 fully saturated rings. The molecule has 0 N–H and O–H groups in total. The predicted octanol–water partition coefficient (Wildman–Crippen LogP) is 5.33. The number of amides is 1. The van der Waals surface area contributed by atoms with Crippen LogP contribution in [0.4, 0.5) is 4.39 Å². The zero-order valence-corrected chi connectivity index (χ0v) is 20.2. The second-order valence-corrected chi connectivity index (χ2v) is 9.09. The summed E-state index contributed by atoms with van der Waals surface area (Å²) in [6.07, 6.45) is 3.91. The number of furan rings is 1. The molecule has 1 saturated heterocycles. The Labute approximate surface area is 201 Å². The average molecular weight is 465 g/mol. The van der Waals surface area contributed by atoms with E-state index in [1.165, 1.54) is 11.6 Å². The minimum atomic E-state index is -0.221. The van der Waals surface area contributed by atoms with Gasteiger partial charge in [-0.3, -0.25) is 9.69 Å². The maximum atomic E-state index is 14.6. The van der Waals surface area contributed by atoms with Crippen molar-refractivity contribution in [3.63, 3.8) is 0 Å². The molecule has 34 heavy (non-hydrogen) atoms. The van der Waals surface area contributed by atoms with E-state index >= 15 is 0 Å². The molecular weight excluding hydrogens is 431 g/mol. The Morgan fingerprint density at radius 3 is 2.44 bits per heavy atom. The van der Waals surface area contributed by atoms with Crippen molar-refractivity contribution in [1.82, 2.24) is 9.80 Å². The molecule has 1 aliphatic heterocycles. The zero-order valence-electron chi connectivity index (χ0n) is 20.2. The second kappa shape index (κ2) is 10.9. The summed E-state index contributed by atoms with van der Waals surface area (Å²) in [5, 5.41) is 0. The topological polar surface area (TPSA) is 45.9 Å². The Hall–Kier alpha value is -3.12. The summed E-state index contributed by atoms with van der Waals surface area (Å²) in [6, 6.07) is 16.6. The molecule has 0 spiro atoms. The van der Waals surface area contributed by atoms with Crippen LogP contribution < -0.4 is 4.74 Å². The fraction of sp³-hybridized carbons (Fsp3) is 0.393. The largest absolute Gasteiger partial charge is 0.496 e. The Balaban J connectivity index is 1.49.